The fourth-order valence-electron chi connectivity index (χ4n) is 2.76. The quantitative estimate of drug-likeness (QED) is 0.595. The Hall–Kier alpha value is -3.92. The first-order valence-electron chi connectivity index (χ1n) is 7.99. The molecule has 2 N–H and O–H groups in total. The summed E-state index contributed by atoms with van der Waals surface area (Å²) in [6.45, 7) is 0. The molecule has 0 aliphatic rings. The summed E-state index contributed by atoms with van der Waals surface area (Å²) in [5, 5.41) is 24.1. The van der Waals surface area contributed by atoms with Gasteiger partial charge in [0.2, 0.25) is 0 Å². The van der Waals surface area contributed by atoms with Gasteiger partial charge in [-0.1, -0.05) is 30.3 Å². The van der Waals surface area contributed by atoms with Gasteiger partial charge >= 0.3 is 0 Å². The van der Waals surface area contributed by atoms with E-state index in [4.69, 9.17) is 0 Å². The van der Waals surface area contributed by atoms with Gasteiger partial charge in [0.1, 0.15) is 6.04 Å². The minimum atomic E-state index is -0.807. The van der Waals surface area contributed by atoms with Crippen molar-refractivity contribution in [1.29, 1.82) is 5.26 Å². The number of H-pyrrole nitrogens is 1. The van der Waals surface area contributed by atoms with Gasteiger partial charge in [0, 0.05) is 17.1 Å². The maximum atomic E-state index is 12.6. The first-order chi connectivity index (χ1) is 12.8. The zero-order valence-corrected chi connectivity index (χ0v) is 13.6. The maximum Gasteiger partial charge on any atom is 0.254 e. The summed E-state index contributed by atoms with van der Waals surface area (Å²) < 4.78 is 1.67. The number of nitrogens with one attached hydrogen (secondary N) is 2. The summed E-state index contributed by atoms with van der Waals surface area (Å²) in [6.07, 6.45) is 4.97. The van der Waals surface area contributed by atoms with Crippen molar-refractivity contribution >= 4 is 16.8 Å². The zero-order chi connectivity index (χ0) is 17.9. The van der Waals surface area contributed by atoms with E-state index in [1.807, 2.05) is 36.4 Å². The highest BCUT2D eigenvalue weighted by Crippen LogP contribution is 2.18. The van der Waals surface area contributed by atoms with Crippen LogP contribution in [-0.4, -0.2) is 25.9 Å². The smallest absolute Gasteiger partial charge is 0.254 e. The Balaban J connectivity index is 1.59. The molecule has 0 radical (unpaired) electrons. The lowest BCUT2D eigenvalue weighted by Crippen LogP contribution is -2.27. The third kappa shape index (κ3) is 2.80. The number of aromatic nitrogens is 4. The SMILES string of the molecule is N#C[C@H](NC(=O)c1cccc2cn[nH]c12)c1cnn(-c2ccccc2)c1. The fourth-order valence-corrected chi connectivity index (χ4v) is 2.76. The van der Waals surface area contributed by atoms with E-state index >= 15 is 0 Å². The molecule has 0 spiro atoms. The van der Waals surface area contributed by atoms with Crippen molar-refractivity contribution in [2.45, 2.75) is 6.04 Å². The number of nitrogens with zero attached hydrogens (tertiary/aromatic N) is 4. The Morgan fingerprint density at radius 3 is 2.81 bits per heavy atom. The maximum absolute atomic E-state index is 12.6. The van der Waals surface area contributed by atoms with Crippen LogP contribution in [-0.2, 0) is 0 Å². The first kappa shape index (κ1) is 15.6. The molecule has 2 aromatic carbocycles. The molecule has 7 nitrogen and oxygen atoms in total. The molecule has 0 bridgehead atoms. The third-order valence-electron chi connectivity index (χ3n) is 4.08. The van der Waals surface area contributed by atoms with E-state index in [2.05, 4.69) is 26.7 Å². The largest absolute Gasteiger partial charge is 0.332 e. The molecule has 0 saturated carbocycles. The van der Waals surface area contributed by atoms with Crippen LogP contribution in [0, 0.1) is 11.3 Å². The van der Waals surface area contributed by atoms with Gasteiger partial charge < -0.3 is 5.32 Å². The lowest BCUT2D eigenvalue weighted by molar-refractivity contribution is 0.0946. The Bertz CT molecular complexity index is 1110. The van der Waals surface area contributed by atoms with Crippen LogP contribution in [0.4, 0.5) is 0 Å². The second kappa shape index (κ2) is 6.53. The van der Waals surface area contributed by atoms with Crippen molar-refractivity contribution in [3.8, 4) is 11.8 Å². The van der Waals surface area contributed by atoms with Gasteiger partial charge in [0.15, 0.2) is 0 Å². The summed E-state index contributed by atoms with van der Waals surface area (Å²) in [5.74, 6) is -0.348. The van der Waals surface area contributed by atoms with Crippen molar-refractivity contribution in [1.82, 2.24) is 25.3 Å². The zero-order valence-electron chi connectivity index (χ0n) is 13.6. The average molecular weight is 342 g/mol. The molecule has 126 valence electrons. The van der Waals surface area contributed by atoms with Crippen molar-refractivity contribution in [2.24, 2.45) is 0 Å². The molecule has 1 amide bonds. The normalized spacial score (nSPS) is 11.8. The number of carbonyl (C=O) groups excluding carboxylic acids is 1. The number of hydrogen-bond donors (Lipinski definition) is 2. The molecule has 0 aliphatic carbocycles. The van der Waals surface area contributed by atoms with Crippen LogP contribution in [0.1, 0.15) is 22.0 Å². The van der Waals surface area contributed by atoms with Crippen molar-refractivity contribution in [3.05, 3.63) is 78.2 Å². The monoisotopic (exact) mass is 342 g/mol. The van der Waals surface area contributed by atoms with E-state index in [0.29, 0.717) is 16.6 Å². The van der Waals surface area contributed by atoms with Crippen LogP contribution in [0.25, 0.3) is 16.6 Å². The molecule has 0 fully saturated rings. The second-order valence-electron chi connectivity index (χ2n) is 5.73. The average Bonchev–Trinajstić information content (AvgIpc) is 3.35. The third-order valence-corrected chi connectivity index (χ3v) is 4.08. The Morgan fingerprint density at radius 2 is 2.00 bits per heavy atom. The van der Waals surface area contributed by atoms with Crippen molar-refractivity contribution < 1.29 is 4.79 Å². The molecule has 0 saturated heterocycles. The summed E-state index contributed by atoms with van der Waals surface area (Å²) in [6, 6.07) is 16.2. The number of rotatable bonds is 4. The van der Waals surface area contributed by atoms with E-state index in [0.717, 1.165) is 11.1 Å². The van der Waals surface area contributed by atoms with E-state index in [9.17, 15) is 10.1 Å². The van der Waals surface area contributed by atoms with Gasteiger partial charge in [0.05, 0.1) is 35.2 Å². The number of nitriles is 1. The van der Waals surface area contributed by atoms with E-state index in [1.165, 1.54) is 0 Å². The van der Waals surface area contributed by atoms with Crippen LogP contribution in [0.3, 0.4) is 0 Å². The van der Waals surface area contributed by atoms with Gasteiger partial charge in [-0.25, -0.2) is 4.68 Å². The van der Waals surface area contributed by atoms with Crippen LogP contribution in [0.5, 0.6) is 0 Å². The predicted octanol–water partition coefficient (Wildman–Crippen LogP) is 2.74. The number of hydrogen-bond acceptors (Lipinski definition) is 4. The van der Waals surface area contributed by atoms with Gasteiger partial charge in [0.25, 0.3) is 5.91 Å². The second-order valence-corrected chi connectivity index (χ2v) is 5.73. The Morgan fingerprint density at radius 1 is 1.15 bits per heavy atom. The molecule has 1 atom stereocenters. The molecular formula is C19H14N6O. The molecule has 2 aromatic heterocycles. The minimum Gasteiger partial charge on any atom is -0.332 e. The van der Waals surface area contributed by atoms with Crippen LogP contribution < -0.4 is 5.32 Å². The van der Waals surface area contributed by atoms with Gasteiger partial charge in [-0.2, -0.15) is 15.5 Å². The molecule has 4 rings (SSSR count). The van der Waals surface area contributed by atoms with E-state index < -0.39 is 6.04 Å². The van der Waals surface area contributed by atoms with Gasteiger partial charge in [-0.3, -0.25) is 9.89 Å². The Kier molecular flexibility index (Phi) is 3.92. The highest BCUT2D eigenvalue weighted by Gasteiger charge is 2.19. The van der Waals surface area contributed by atoms with E-state index in [-0.39, 0.29) is 5.91 Å². The number of fused-ring (bicyclic) bond motifs is 1. The first-order valence-corrected chi connectivity index (χ1v) is 7.99. The Labute approximate surface area is 148 Å². The number of aromatic amines is 1. The summed E-state index contributed by atoms with van der Waals surface area (Å²) in [4.78, 5) is 12.6. The molecular weight excluding hydrogens is 328 g/mol. The molecule has 4 aromatic rings. The lowest BCUT2D eigenvalue weighted by Gasteiger charge is -2.10. The van der Waals surface area contributed by atoms with Gasteiger partial charge in [-0.15, -0.1) is 0 Å². The van der Waals surface area contributed by atoms with Crippen LogP contribution in [0.15, 0.2) is 67.1 Å². The predicted molar refractivity (Wildman–Crippen MR) is 95.5 cm³/mol. The molecule has 26 heavy (non-hydrogen) atoms. The topological polar surface area (TPSA) is 99.4 Å². The number of amides is 1. The molecule has 0 aliphatic heterocycles. The summed E-state index contributed by atoms with van der Waals surface area (Å²) in [7, 11) is 0. The van der Waals surface area contributed by atoms with Gasteiger partial charge in [-0.05, 0) is 18.2 Å². The van der Waals surface area contributed by atoms with E-state index in [1.54, 1.807) is 35.4 Å². The molecule has 0 unspecified atom stereocenters. The fraction of sp³-hybridized carbons (Fsp3) is 0.0526. The summed E-state index contributed by atoms with van der Waals surface area (Å²) >= 11 is 0. The summed E-state index contributed by atoms with van der Waals surface area (Å²) in [5.41, 5.74) is 2.57. The molecule has 2 heterocycles. The lowest BCUT2D eigenvalue weighted by atomic mass is 10.1. The minimum absolute atomic E-state index is 0.348. The number of carbonyl (C=O) groups is 1. The van der Waals surface area contributed by atoms with Crippen molar-refractivity contribution in [2.75, 3.05) is 0 Å². The van der Waals surface area contributed by atoms with Crippen molar-refractivity contribution in [3.63, 3.8) is 0 Å². The van der Waals surface area contributed by atoms with Crippen LogP contribution in [0.2, 0.25) is 0 Å². The number of benzene rings is 2. The molecule has 7 heteroatoms. The highest BCUT2D eigenvalue weighted by atomic mass is 16.1. The van der Waals surface area contributed by atoms with Crippen LogP contribution >= 0.6 is 0 Å². The standard InChI is InChI=1S/C19H14N6O/c20-9-17(14-11-22-25(12-14)15-6-2-1-3-7-15)23-19(26)16-8-4-5-13-10-21-24-18(13)16/h1-8,10-12,17H,(H,21,24)(H,23,26)/t17-/m0/s1. The number of para-hydroxylation sites is 2. The highest BCUT2D eigenvalue weighted by molar-refractivity contribution is 6.05.